The Balaban J connectivity index is 4.18. The van der Waals surface area contributed by atoms with Gasteiger partial charge in [0.15, 0.2) is 0 Å². The first kappa shape index (κ1) is 15.7. The molecular formula is C9H13F3O4Si. The summed E-state index contributed by atoms with van der Waals surface area (Å²) in [7, 11) is -2.68. The highest BCUT2D eigenvalue weighted by Crippen LogP contribution is 2.21. The topological polar surface area (TPSA) is 52.6 Å². The van der Waals surface area contributed by atoms with Crippen LogP contribution in [0, 0.1) is 0 Å². The summed E-state index contributed by atoms with van der Waals surface area (Å²) in [4.78, 5) is 21.3. The van der Waals surface area contributed by atoms with Crippen molar-refractivity contribution in [1.29, 1.82) is 0 Å². The van der Waals surface area contributed by atoms with E-state index in [1.165, 1.54) is 11.8 Å². The van der Waals surface area contributed by atoms with E-state index in [1.54, 1.807) is 0 Å². The fourth-order valence-electron chi connectivity index (χ4n) is 0.884. The molecule has 17 heavy (non-hydrogen) atoms. The summed E-state index contributed by atoms with van der Waals surface area (Å²) in [5.41, 5.74) is 1.23. The van der Waals surface area contributed by atoms with Gasteiger partial charge in [0.25, 0.3) is 11.9 Å². The van der Waals surface area contributed by atoms with Crippen LogP contribution < -0.4 is 0 Å². The normalized spacial score (nSPS) is 11.9. The van der Waals surface area contributed by atoms with Crippen LogP contribution in [0.2, 0.25) is 0 Å². The highest BCUT2D eigenvalue weighted by Gasteiger charge is 2.25. The number of hydrogen-bond donors (Lipinski definition) is 0. The summed E-state index contributed by atoms with van der Waals surface area (Å²) in [5, 5.41) is 0. The molecule has 0 rings (SSSR count). The Labute approximate surface area is 98.2 Å². The number of rotatable bonds is 5. The van der Waals surface area contributed by atoms with Crippen molar-refractivity contribution in [3.8, 4) is 0 Å². The molecule has 98 valence electrons. The second-order valence-corrected chi connectivity index (χ2v) is 4.76. The molecule has 0 aromatic rings. The van der Waals surface area contributed by atoms with E-state index in [-0.39, 0.29) is 6.42 Å². The average molecular weight is 270 g/mol. The molecule has 0 aromatic carbocycles. The largest absolute Gasteiger partial charge is 0.484 e. The third kappa shape index (κ3) is 11.0. The molecule has 4 nitrogen and oxygen atoms in total. The lowest BCUT2D eigenvalue weighted by Gasteiger charge is -2.10. The van der Waals surface area contributed by atoms with Crippen molar-refractivity contribution >= 4 is 21.2 Å². The van der Waals surface area contributed by atoms with Crippen molar-refractivity contribution in [3.05, 3.63) is 11.8 Å². The number of hydrogen-bond acceptors (Lipinski definition) is 4. The summed E-state index contributed by atoms with van der Waals surface area (Å²) in [5.74, 6) is -1.27. The van der Waals surface area contributed by atoms with Crippen molar-refractivity contribution in [2.75, 3.05) is 0 Å². The van der Waals surface area contributed by atoms with Crippen LogP contribution in [0.5, 0.6) is 0 Å². The van der Waals surface area contributed by atoms with Gasteiger partial charge in [-0.2, -0.15) is 13.2 Å². The molecule has 0 amide bonds. The first-order valence-electron chi connectivity index (χ1n) is 4.78. The van der Waals surface area contributed by atoms with E-state index in [1.807, 2.05) is 0 Å². The van der Waals surface area contributed by atoms with Crippen LogP contribution in [-0.2, 0) is 18.4 Å². The second-order valence-electron chi connectivity index (χ2n) is 3.17. The summed E-state index contributed by atoms with van der Waals surface area (Å²) in [6, 6.07) is 0. The lowest BCUT2D eigenvalue weighted by molar-refractivity contribution is -0.137. The predicted molar refractivity (Wildman–Crippen MR) is 55.1 cm³/mol. The zero-order valence-corrected chi connectivity index (χ0v) is 10.6. The Morgan fingerprint density at radius 1 is 1.18 bits per heavy atom. The van der Waals surface area contributed by atoms with Crippen molar-refractivity contribution in [2.45, 2.75) is 32.9 Å². The third-order valence-electron chi connectivity index (χ3n) is 1.45. The number of allylic oxidation sites excluding steroid dienone is 1. The van der Waals surface area contributed by atoms with Crippen molar-refractivity contribution in [2.24, 2.45) is 0 Å². The monoisotopic (exact) mass is 270 g/mol. The van der Waals surface area contributed by atoms with Gasteiger partial charge in [0.2, 0.25) is 0 Å². The highest BCUT2D eigenvalue weighted by molar-refractivity contribution is 6.54. The fourth-order valence-corrected chi connectivity index (χ4v) is 2.16. The number of carbonyl (C=O) groups excluding carboxylic acids is 2. The van der Waals surface area contributed by atoms with Crippen molar-refractivity contribution < 1.29 is 31.6 Å². The van der Waals surface area contributed by atoms with Gasteiger partial charge in [0.1, 0.15) is 0 Å². The summed E-state index contributed by atoms with van der Waals surface area (Å²) in [6.45, 7) is 2.26. The number of alkyl halides is 3. The number of halogens is 3. The molecule has 0 saturated heterocycles. The van der Waals surface area contributed by atoms with E-state index in [0.717, 1.165) is 13.8 Å². The van der Waals surface area contributed by atoms with Gasteiger partial charge in [-0.25, -0.2) is 0 Å². The lowest BCUT2D eigenvalue weighted by Crippen LogP contribution is -2.25. The van der Waals surface area contributed by atoms with Gasteiger partial charge < -0.3 is 8.85 Å². The average Bonchev–Trinajstić information content (AvgIpc) is 2.08. The smallest absolute Gasteiger partial charge is 0.475 e. The number of carbonyl (C=O) groups is 2. The van der Waals surface area contributed by atoms with E-state index in [0.29, 0.717) is 0 Å². The van der Waals surface area contributed by atoms with Crippen molar-refractivity contribution in [3.63, 3.8) is 0 Å². The first-order chi connectivity index (χ1) is 7.70. The van der Waals surface area contributed by atoms with Gasteiger partial charge in [0.05, 0.1) is 0 Å². The maximum Gasteiger partial charge on any atom is 0.475 e. The Hall–Kier alpha value is -1.31. The van der Waals surface area contributed by atoms with Gasteiger partial charge in [0, 0.05) is 20.3 Å². The van der Waals surface area contributed by atoms with E-state index in [4.69, 9.17) is 0 Å². The SMILES string of the molecule is CC(=O)O[SiH](C=CCCC(F)(F)F)OC(C)=O. The van der Waals surface area contributed by atoms with Gasteiger partial charge >= 0.3 is 15.5 Å². The Bertz CT molecular complexity index is 285. The van der Waals surface area contributed by atoms with E-state index in [2.05, 4.69) is 8.85 Å². The van der Waals surface area contributed by atoms with Gasteiger partial charge in [-0.1, -0.05) is 6.08 Å². The zero-order chi connectivity index (χ0) is 13.5. The minimum Gasteiger partial charge on any atom is -0.484 e. The maximum atomic E-state index is 11.8. The molecule has 0 atom stereocenters. The molecule has 0 heterocycles. The molecule has 0 fully saturated rings. The molecule has 0 radical (unpaired) electrons. The van der Waals surface area contributed by atoms with Gasteiger partial charge in [-0.05, 0) is 12.1 Å². The standard InChI is InChI=1S/C9H13F3O4Si/c1-7(13)15-17(16-8(2)14)6-4-3-5-9(10,11)12/h4,6,17H,3,5H2,1-2H3. The van der Waals surface area contributed by atoms with E-state index in [9.17, 15) is 22.8 Å². The highest BCUT2D eigenvalue weighted by atomic mass is 28.3. The molecule has 0 bridgehead atoms. The molecule has 0 unspecified atom stereocenters. The van der Waals surface area contributed by atoms with Crippen LogP contribution in [0.3, 0.4) is 0 Å². The molecular weight excluding hydrogens is 257 g/mol. The molecule has 0 aliphatic heterocycles. The summed E-state index contributed by atoms with van der Waals surface area (Å²) < 4.78 is 44.8. The Morgan fingerprint density at radius 3 is 2.00 bits per heavy atom. The predicted octanol–water partition coefficient (Wildman–Crippen LogP) is 1.77. The van der Waals surface area contributed by atoms with Crippen LogP contribution in [0.4, 0.5) is 13.2 Å². The quantitative estimate of drug-likeness (QED) is 0.714. The zero-order valence-electron chi connectivity index (χ0n) is 9.41. The second kappa shape index (κ2) is 7.10. The van der Waals surface area contributed by atoms with Gasteiger partial charge in [-0.3, -0.25) is 9.59 Å². The molecule has 0 aromatic heterocycles. The first-order valence-corrected chi connectivity index (χ1v) is 6.39. The lowest BCUT2D eigenvalue weighted by atomic mass is 10.3. The molecule has 0 aliphatic rings. The molecule has 0 saturated carbocycles. The minimum absolute atomic E-state index is 0.241. The minimum atomic E-state index is -4.23. The van der Waals surface area contributed by atoms with E-state index >= 15 is 0 Å². The summed E-state index contributed by atoms with van der Waals surface area (Å²) in [6.07, 6.45) is -4.24. The fraction of sp³-hybridized carbons (Fsp3) is 0.556. The van der Waals surface area contributed by atoms with Crippen LogP contribution >= 0.6 is 0 Å². The molecule has 0 aliphatic carbocycles. The summed E-state index contributed by atoms with van der Waals surface area (Å²) >= 11 is 0. The van der Waals surface area contributed by atoms with Crippen LogP contribution in [-0.4, -0.2) is 27.4 Å². The van der Waals surface area contributed by atoms with Crippen LogP contribution in [0.25, 0.3) is 0 Å². The maximum absolute atomic E-state index is 11.8. The molecule has 0 N–H and O–H groups in total. The molecule has 0 spiro atoms. The Morgan fingerprint density at radius 2 is 1.65 bits per heavy atom. The Kier molecular flexibility index (Phi) is 6.55. The van der Waals surface area contributed by atoms with Gasteiger partial charge in [-0.15, -0.1) is 0 Å². The third-order valence-corrected chi connectivity index (χ3v) is 3.17. The van der Waals surface area contributed by atoms with Crippen LogP contribution in [0.15, 0.2) is 11.8 Å². The molecule has 8 heteroatoms. The van der Waals surface area contributed by atoms with E-state index < -0.39 is 33.8 Å². The van der Waals surface area contributed by atoms with Crippen LogP contribution in [0.1, 0.15) is 26.7 Å². The van der Waals surface area contributed by atoms with Crippen molar-refractivity contribution in [1.82, 2.24) is 0 Å².